The number of aliphatic hydroxyl groups excluding tert-OH is 1. The van der Waals surface area contributed by atoms with E-state index < -0.39 is 0 Å². The Kier molecular flexibility index (Phi) is 5.97. The number of carbonyl (C=O) groups excluding carboxylic acids is 1. The molecule has 0 amide bonds. The van der Waals surface area contributed by atoms with Gasteiger partial charge in [-0.05, 0) is 36.2 Å². The quantitative estimate of drug-likeness (QED) is 0.792. The van der Waals surface area contributed by atoms with Gasteiger partial charge in [-0.15, -0.1) is 0 Å². The van der Waals surface area contributed by atoms with Gasteiger partial charge in [0.05, 0.1) is 17.9 Å². The molecule has 0 spiro atoms. The fourth-order valence-corrected chi connectivity index (χ4v) is 4.82. The minimum atomic E-state index is -0.183. The number of ether oxygens (including phenoxy) is 1. The van der Waals surface area contributed by atoms with Gasteiger partial charge in [0.25, 0.3) is 0 Å². The lowest BCUT2D eigenvalue weighted by Gasteiger charge is -2.36. The number of nitriles is 1. The molecule has 6 heteroatoms. The van der Waals surface area contributed by atoms with Crippen LogP contribution in [0.5, 0.6) is 5.75 Å². The van der Waals surface area contributed by atoms with E-state index in [1.165, 1.54) is 5.56 Å². The van der Waals surface area contributed by atoms with Crippen molar-refractivity contribution in [3.63, 3.8) is 0 Å². The molecule has 4 rings (SSSR count). The molecule has 1 saturated heterocycles. The van der Waals surface area contributed by atoms with Crippen LogP contribution in [0.25, 0.3) is 0 Å². The number of carbonyl (C=O) groups is 1. The molecule has 0 bridgehead atoms. The summed E-state index contributed by atoms with van der Waals surface area (Å²) in [6.45, 7) is 5.56. The van der Waals surface area contributed by atoms with Crippen molar-refractivity contribution in [3.8, 4) is 11.8 Å². The number of hydrogen-bond donors (Lipinski definition) is 1. The summed E-state index contributed by atoms with van der Waals surface area (Å²) in [6.07, 6.45) is 3.00. The molecule has 162 valence electrons. The second kappa shape index (κ2) is 8.68. The molecule has 2 heterocycles. The normalized spacial score (nSPS) is 18.4. The second-order valence-corrected chi connectivity index (χ2v) is 9.26. The highest BCUT2D eigenvalue weighted by molar-refractivity contribution is 6.02. The van der Waals surface area contributed by atoms with E-state index in [1.807, 2.05) is 6.07 Å². The van der Waals surface area contributed by atoms with E-state index in [-0.39, 0.29) is 24.4 Å². The van der Waals surface area contributed by atoms with Crippen LogP contribution < -0.4 is 9.64 Å². The molecule has 2 aromatic rings. The zero-order valence-corrected chi connectivity index (χ0v) is 18.2. The lowest BCUT2D eigenvalue weighted by atomic mass is 9.75. The average Bonchev–Trinajstić information content (AvgIpc) is 2.76. The summed E-state index contributed by atoms with van der Waals surface area (Å²) in [7, 11) is 0. The van der Waals surface area contributed by atoms with Crippen LogP contribution in [0.2, 0.25) is 0 Å². The van der Waals surface area contributed by atoms with Gasteiger partial charge in [0.15, 0.2) is 17.4 Å². The first-order valence-electron chi connectivity index (χ1n) is 11.0. The van der Waals surface area contributed by atoms with Crippen molar-refractivity contribution >= 4 is 11.6 Å². The number of ketones is 1. The highest BCUT2D eigenvalue weighted by Gasteiger charge is 2.37. The number of nitrogens with zero attached hydrogens (tertiary/aromatic N) is 3. The van der Waals surface area contributed by atoms with Crippen molar-refractivity contribution in [1.82, 2.24) is 4.98 Å². The number of benzene rings is 1. The molecule has 0 saturated carbocycles. The number of pyridine rings is 1. The van der Waals surface area contributed by atoms with Crippen LogP contribution >= 0.6 is 0 Å². The molecule has 1 fully saturated rings. The Hall–Kier alpha value is -2.91. The first-order chi connectivity index (χ1) is 14.9. The van der Waals surface area contributed by atoms with Crippen molar-refractivity contribution in [2.75, 3.05) is 31.2 Å². The number of aliphatic hydroxyl groups is 1. The third-order valence-corrected chi connectivity index (χ3v) is 6.29. The second-order valence-electron chi connectivity index (χ2n) is 9.26. The maximum Gasteiger partial charge on any atom is 0.169 e. The molecule has 1 N–H and O–H groups in total. The maximum absolute atomic E-state index is 12.9. The lowest BCUT2D eigenvalue weighted by Crippen LogP contribution is -2.36. The third kappa shape index (κ3) is 4.28. The first kappa shape index (κ1) is 21.3. The van der Waals surface area contributed by atoms with Gasteiger partial charge in [0, 0.05) is 19.5 Å². The minimum absolute atomic E-state index is 0.0390. The van der Waals surface area contributed by atoms with Crippen LogP contribution in [0.15, 0.2) is 30.3 Å². The van der Waals surface area contributed by atoms with Gasteiger partial charge in [0.1, 0.15) is 18.2 Å². The summed E-state index contributed by atoms with van der Waals surface area (Å²) < 4.78 is 5.78. The Bertz CT molecular complexity index is 1000. The number of Topliss-reactive ketones (excluding diaryl/α,β-unsaturated/α-hetero) is 1. The molecule has 2 aliphatic rings. The predicted octanol–water partition coefficient (Wildman–Crippen LogP) is 3.86. The summed E-state index contributed by atoms with van der Waals surface area (Å²) >= 11 is 0. The summed E-state index contributed by atoms with van der Waals surface area (Å²) in [5, 5.41) is 19.3. The van der Waals surface area contributed by atoms with E-state index in [4.69, 9.17) is 9.72 Å². The van der Waals surface area contributed by atoms with E-state index >= 15 is 0 Å². The average molecular weight is 420 g/mol. The SMILES string of the molecule is CC1(C)CC(=O)c2c(nc(N3CCC(c4ccccc4)CC3)c(C#N)c2OCCO)C1. The molecule has 1 aromatic carbocycles. The highest BCUT2D eigenvalue weighted by Crippen LogP contribution is 2.42. The van der Waals surface area contributed by atoms with Gasteiger partial charge in [-0.1, -0.05) is 44.2 Å². The van der Waals surface area contributed by atoms with E-state index in [9.17, 15) is 15.2 Å². The number of rotatable bonds is 5. The Balaban J connectivity index is 1.69. The van der Waals surface area contributed by atoms with Crippen LogP contribution in [0.4, 0.5) is 5.82 Å². The van der Waals surface area contributed by atoms with Crippen LogP contribution in [-0.4, -0.2) is 42.2 Å². The summed E-state index contributed by atoms with van der Waals surface area (Å²) in [4.78, 5) is 19.9. The minimum Gasteiger partial charge on any atom is -0.489 e. The van der Waals surface area contributed by atoms with Crippen LogP contribution in [0.3, 0.4) is 0 Å². The van der Waals surface area contributed by atoms with E-state index in [1.54, 1.807) is 0 Å². The number of aromatic nitrogens is 1. The lowest BCUT2D eigenvalue weighted by molar-refractivity contribution is 0.0903. The Morgan fingerprint density at radius 3 is 2.58 bits per heavy atom. The fourth-order valence-electron chi connectivity index (χ4n) is 4.82. The van der Waals surface area contributed by atoms with Gasteiger partial charge in [-0.2, -0.15) is 5.26 Å². The number of piperidine rings is 1. The molecule has 0 unspecified atom stereocenters. The molecule has 31 heavy (non-hydrogen) atoms. The van der Waals surface area contributed by atoms with Crippen molar-refractivity contribution in [3.05, 3.63) is 52.7 Å². The zero-order chi connectivity index (χ0) is 22.0. The standard InChI is InChI=1S/C25H29N3O3/c1-25(2)14-20-22(21(30)15-25)23(31-13-12-29)19(16-26)24(27-20)28-10-8-18(9-11-28)17-6-4-3-5-7-17/h3-7,18,29H,8-15H2,1-2H3. The monoisotopic (exact) mass is 419 g/mol. The number of hydrogen-bond acceptors (Lipinski definition) is 6. The van der Waals surface area contributed by atoms with Gasteiger partial charge < -0.3 is 14.7 Å². The summed E-state index contributed by atoms with van der Waals surface area (Å²) in [5.41, 5.74) is 2.59. The van der Waals surface area contributed by atoms with Gasteiger partial charge in [-0.25, -0.2) is 4.98 Å². The summed E-state index contributed by atoms with van der Waals surface area (Å²) in [5.74, 6) is 1.34. The van der Waals surface area contributed by atoms with E-state index in [0.29, 0.717) is 47.1 Å². The van der Waals surface area contributed by atoms with Crippen molar-refractivity contribution in [2.24, 2.45) is 5.41 Å². The van der Waals surface area contributed by atoms with Crippen LogP contribution in [0, 0.1) is 16.7 Å². The topological polar surface area (TPSA) is 86.5 Å². The molecule has 6 nitrogen and oxygen atoms in total. The molecule has 0 atom stereocenters. The number of anilines is 1. The highest BCUT2D eigenvalue weighted by atomic mass is 16.5. The fraction of sp³-hybridized carbons (Fsp3) is 0.480. The van der Waals surface area contributed by atoms with Crippen molar-refractivity contribution in [2.45, 2.75) is 45.4 Å². The maximum atomic E-state index is 12.9. The Morgan fingerprint density at radius 2 is 1.94 bits per heavy atom. The van der Waals surface area contributed by atoms with Gasteiger partial charge in [-0.3, -0.25) is 4.79 Å². The zero-order valence-electron chi connectivity index (χ0n) is 18.2. The van der Waals surface area contributed by atoms with Crippen molar-refractivity contribution < 1.29 is 14.6 Å². The first-order valence-corrected chi connectivity index (χ1v) is 11.0. The molecular formula is C25H29N3O3. The third-order valence-electron chi connectivity index (χ3n) is 6.29. The molecule has 1 aromatic heterocycles. The molecular weight excluding hydrogens is 390 g/mol. The summed E-state index contributed by atoms with van der Waals surface area (Å²) in [6, 6.07) is 12.8. The van der Waals surface area contributed by atoms with Crippen molar-refractivity contribution in [1.29, 1.82) is 5.26 Å². The molecule has 1 aliphatic carbocycles. The van der Waals surface area contributed by atoms with E-state index in [2.05, 4.69) is 49.1 Å². The predicted molar refractivity (Wildman–Crippen MR) is 119 cm³/mol. The Morgan fingerprint density at radius 1 is 1.23 bits per heavy atom. The van der Waals surface area contributed by atoms with E-state index in [0.717, 1.165) is 25.9 Å². The Labute approximate surface area is 183 Å². The largest absolute Gasteiger partial charge is 0.489 e. The molecule has 1 aliphatic heterocycles. The number of fused-ring (bicyclic) bond motifs is 1. The van der Waals surface area contributed by atoms with Gasteiger partial charge in [0.2, 0.25) is 0 Å². The van der Waals surface area contributed by atoms with Crippen LogP contribution in [0.1, 0.15) is 66.2 Å². The molecule has 0 radical (unpaired) electrons. The van der Waals surface area contributed by atoms with Crippen LogP contribution in [-0.2, 0) is 6.42 Å². The smallest absolute Gasteiger partial charge is 0.169 e. The van der Waals surface area contributed by atoms with Gasteiger partial charge >= 0.3 is 0 Å².